The molecule has 0 saturated carbocycles. The van der Waals surface area contributed by atoms with Gasteiger partial charge >= 0.3 is 12.1 Å². The average molecular weight is 309 g/mol. The van der Waals surface area contributed by atoms with Gasteiger partial charge in [-0.1, -0.05) is 36.4 Å². The average Bonchev–Trinajstić information content (AvgIpc) is 2.41. The normalized spacial score (nSPS) is 10.9. The molecule has 0 aliphatic carbocycles. The predicted octanol–water partition coefficient (Wildman–Crippen LogP) is 3.38. The quantitative estimate of drug-likeness (QED) is 0.662. The van der Waals surface area contributed by atoms with Crippen LogP contribution >= 0.6 is 11.8 Å². The molecule has 6 nitrogen and oxygen atoms in total. The van der Waals surface area contributed by atoms with Gasteiger partial charge in [-0.2, -0.15) is 4.99 Å². The highest BCUT2D eigenvalue weighted by atomic mass is 32.2. The molecule has 0 spiro atoms. The van der Waals surface area contributed by atoms with E-state index in [1.807, 2.05) is 26.0 Å². The highest BCUT2D eigenvalue weighted by Gasteiger charge is 2.09. The van der Waals surface area contributed by atoms with E-state index in [2.05, 4.69) is 15.6 Å². The number of carbonyl (C=O) groups is 2. The van der Waals surface area contributed by atoms with Crippen molar-refractivity contribution in [2.45, 2.75) is 20.8 Å². The van der Waals surface area contributed by atoms with Crippen LogP contribution in [0.1, 0.15) is 19.4 Å². The molecule has 1 aromatic rings. The molecule has 2 N–H and O–H groups in total. The molecular weight excluding hydrogens is 290 g/mol. The van der Waals surface area contributed by atoms with E-state index in [1.54, 1.807) is 19.1 Å². The Morgan fingerprint density at radius 1 is 1.24 bits per heavy atom. The Bertz CT molecular complexity index is 515. The van der Waals surface area contributed by atoms with Crippen molar-refractivity contribution >= 4 is 34.7 Å². The fourth-order valence-corrected chi connectivity index (χ4v) is 1.95. The predicted molar refractivity (Wildman–Crippen MR) is 85.9 cm³/mol. The Balaban J connectivity index is 2.63. The van der Waals surface area contributed by atoms with Crippen molar-refractivity contribution in [2.75, 3.05) is 17.7 Å². The summed E-state index contributed by atoms with van der Waals surface area (Å²) in [6.45, 7) is 5.79. The van der Waals surface area contributed by atoms with E-state index in [9.17, 15) is 9.59 Å². The SMILES string of the molecule is CCOC(=O)N=C(NC(=O)Nc1ccc(C)cc1)SCC. The van der Waals surface area contributed by atoms with E-state index in [0.29, 0.717) is 11.4 Å². The topological polar surface area (TPSA) is 79.8 Å². The second-order valence-corrected chi connectivity index (χ2v) is 5.25. The van der Waals surface area contributed by atoms with E-state index in [-0.39, 0.29) is 11.8 Å². The first-order valence-corrected chi connectivity index (χ1v) is 7.56. The lowest BCUT2D eigenvalue weighted by Gasteiger charge is -2.09. The fraction of sp³-hybridized carbons (Fsp3) is 0.357. The molecule has 3 amide bonds. The third-order valence-electron chi connectivity index (χ3n) is 2.27. The van der Waals surface area contributed by atoms with Gasteiger partial charge in [0.05, 0.1) is 6.61 Å². The highest BCUT2D eigenvalue weighted by molar-refractivity contribution is 8.13. The molecule has 0 bridgehead atoms. The zero-order chi connectivity index (χ0) is 15.7. The second-order valence-electron chi connectivity index (χ2n) is 3.99. The van der Waals surface area contributed by atoms with Gasteiger partial charge in [-0.05, 0) is 31.7 Å². The zero-order valence-corrected chi connectivity index (χ0v) is 13.1. The molecule has 7 heteroatoms. The number of benzene rings is 1. The Morgan fingerprint density at radius 2 is 1.90 bits per heavy atom. The van der Waals surface area contributed by atoms with Crippen LogP contribution in [0.2, 0.25) is 0 Å². The number of hydrogen-bond donors (Lipinski definition) is 2. The molecule has 0 radical (unpaired) electrons. The monoisotopic (exact) mass is 309 g/mol. The van der Waals surface area contributed by atoms with Crippen LogP contribution in [0, 0.1) is 6.92 Å². The molecule has 0 heterocycles. The van der Waals surface area contributed by atoms with Gasteiger partial charge in [-0.3, -0.25) is 5.32 Å². The van der Waals surface area contributed by atoms with Crippen molar-refractivity contribution in [3.63, 3.8) is 0 Å². The lowest BCUT2D eigenvalue weighted by Crippen LogP contribution is -2.33. The number of nitrogens with zero attached hydrogens (tertiary/aromatic N) is 1. The molecule has 0 aliphatic heterocycles. The van der Waals surface area contributed by atoms with Gasteiger partial charge in [-0.15, -0.1) is 0 Å². The van der Waals surface area contributed by atoms with E-state index in [1.165, 1.54) is 11.8 Å². The fourth-order valence-electron chi connectivity index (χ4n) is 1.37. The van der Waals surface area contributed by atoms with Gasteiger partial charge in [0.25, 0.3) is 0 Å². The van der Waals surface area contributed by atoms with Crippen molar-refractivity contribution in [2.24, 2.45) is 4.99 Å². The van der Waals surface area contributed by atoms with E-state index in [0.717, 1.165) is 5.56 Å². The van der Waals surface area contributed by atoms with Crippen molar-refractivity contribution in [1.82, 2.24) is 5.32 Å². The van der Waals surface area contributed by atoms with Gasteiger partial charge < -0.3 is 10.1 Å². The van der Waals surface area contributed by atoms with Crippen LogP contribution in [0.5, 0.6) is 0 Å². The number of rotatable bonds is 3. The molecule has 0 saturated heterocycles. The standard InChI is InChI=1S/C14H19N3O3S/c1-4-20-14(19)17-13(21-5-2)16-12(18)15-11-8-6-10(3)7-9-11/h6-9H,4-5H2,1-3H3,(H2,15,16,17,18,19). The van der Waals surface area contributed by atoms with E-state index < -0.39 is 12.1 Å². The minimum absolute atomic E-state index is 0.209. The van der Waals surface area contributed by atoms with E-state index >= 15 is 0 Å². The van der Waals surface area contributed by atoms with E-state index in [4.69, 9.17) is 4.74 Å². The van der Waals surface area contributed by atoms with Crippen LogP contribution in [0.3, 0.4) is 0 Å². The second kappa shape index (κ2) is 9.02. The summed E-state index contributed by atoms with van der Waals surface area (Å²) in [5.41, 5.74) is 1.77. The summed E-state index contributed by atoms with van der Waals surface area (Å²) in [6, 6.07) is 6.92. The Labute approximate surface area is 128 Å². The zero-order valence-electron chi connectivity index (χ0n) is 12.3. The lowest BCUT2D eigenvalue weighted by molar-refractivity contribution is 0.163. The van der Waals surface area contributed by atoms with Crippen LogP contribution < -0.4 is 10.6 Å². The van der Waals surface area contributed by atoms with Crippen LogP contribution in [0.25, 0.3) is 0 Å². The minimum atomic E-state index is -0.718. The molecule has 0 aromatic heterocycles. The summed E-state index contributed by atoms with van der Waals surface area (Å²) in [6.07, 6.45) is -0.718. The minimum Gasteiger partial charge on any atom is -0.448 e. The Morgan fingerprint density at radius 3 is 2.48 bits per heavy atom. The number of carbonyl (C=O) groups excluding carboxylic acids is 2. The maximum Gasteiger partial charge on any atom is 0.436 e. The summed E-state index contributed by atoms with van der Waals surface area (Å²) in [5, 5.41) is 5.41. The maximum absolute atomic E-state index is 11.9. The van der Waals surface area contributed by atoms with Crippen molar-refractivity contribution in [1.29, 1.82) is 0 Å². The molecule has 0 fully saturated rings. The highest BCUT2D eigenvalue weighted by Crippen LogP contribution is 2.09. The summed E-state index contributed by atoms with van der Waals surface area (Å²) in [5.74, 6) is 0.670. The molecule has 0 atom stereocenters. The molecule has 0 unspecified atom stereocenters. The van der Waals surface area contributed by atoms with Gasteiger partial charge in [0.1, 0.15) is 0 Å². The van der Waals surface area contributed by atoms with Gasteiger partial charge in [0, 0.05) is 5.69 Å². The number of anilines is 1. The molecular formula is C14H19N3O3S. The largest absolute Gasteiger partial charge is 0.448 e. The van der Waals surface area contributed by atoms with Crippen LogP contribution in [0.15, 0.2) is 29.3 Å². The van der Waals surface area contributed by atoms with Gasteiger partial charge in [0.2, 0.25) is 0 Å². The van der Waals surface area contributed by atoms with Crippen molar-refractivity contribution in [3.05, 3.63) is 29.8 Å². The molecule has 1 rings (SSSR count). The molecule has 114 valence electrons. The van der Waals surface area contributed by atoms with Crippen molar-refractivity contribution in [3.8, 4) is 0 Å². The first-order chi connectivity index (χ1) is 10.0. The Kier molecular flexibility index (Phi) is 7.31. The number of urea groups is 1. The first-order valence-electron chi connectivity index (χ1n) is 6.58. The number of ether oxygens (including phenoxy) is 1. The molecule has 21 heavy (non-hydrogen) atoms. The van der Waals surface area contributed by atoms with Crippen LogP contribution in [-0.2, 0) is 4.74 Å². The number of thioether (sulfide) groups is 1. The number of aliphatic imine (C=N–C) groups is 1. The summed E-state index contributed by atoms with van der Waals surface area (Å²) in [7, 11) is 0. The third-order valence-corrected chi connectivity index (χ3v) is 3.03. The third kappa shape index (κ3) is 6.80. The van der Waals surface area contributed by atoms with Gasteiger partial charge in [0.15, 0.2) is 5.17 Å². The van der Waals surface area contributed by atoms with Crippen LogP contribution in [-0.4, -0.2) is 29.7 Å². The number of nitrogens with one attached hydrogen (secondary N) is 2. The summed E-state index contributed by atoms with van der Waals surface area (Å²) in [4.78, 5) is 26.9. The first kappa shape index (κ1) is 17.0. The van der Waals surface area contributed by atoms with Crippen LogP contribution in [0.4, 0.5) is 15.3 Å². The van der Waals surface area contributed by atoms with Crippen molar-refractivity contribution < 1.29 is 14.3 Å². The number of amidine groups is 1. The summed E-state index contributed by atoms with van der Waals surface area (Å²) >= 11 is 1.25. The Hall–Kier alpha value is -2.02. The maximum atomic E-state index is 11.9. The summed E-state index contributed by atoms with van der Waals surface area (Å²) < 4.78 is 4.72. The van der Waals surface area contributed by atoms with Gasteiger partial charge in [-0.25, -0.2) is 9.59 Å². The lowest BCUT2D eigenvalue weighted by atomic mass is 10.2. The molecule has 1 aromatic carbocycles. The number of aryl methyl sites for hydroxylation is 1. The molecule has 0 aliphatic rings. The number of amides is 3. The number of hydrogen-bond acceptors (Lipinski definition) is 4. The smallest absolute Gasteiger partial charge is 0.436 e.